The molecule has 0 aromatic carbocycles. The van der Waals surface area contributed by atoms with Crippen LogP contribution in [0.1, 0.15) is 43.2 Å². The normalized spacial score (nSPS) is 18.5. The third-order valence-electron chi connectivity index (χ3n) is 6.57. The van der Waals surface area contributed by atoms with Gasteiger partial charge in [0.15, 0.2) is 0 Å². The number of quaternary nitrogens is 1. The topological polar surface area (TPSA) is 94.9 Å². The number of hydrogen-bond donors (Lipinski definition) is 2. The summed E-state index contributed by atoms with van der Waals surface area (Å²) in [6.45, 7) is 5.32. The number of nitrogens with one attached hydrogen (secondary N) is 2. The van der Waals surface area contributed by atoms with Crippen molar-refractivity contribution in [3.05, 3.63) is 45.4 Å². The molecule has 1 aliphatic carbocycles. The van der Waals surface area contributed by atoms with Crippen LogP contribution >= 0.6 is 0 Å². The largest absolute Gasteiger partial charge is 0.349 e. The van der Waals surface area contributed by atoms with E-state index in [0.29, 0.717) is 17.0 Å². The van der Waals surface area contributed by atoms with Crippen molar-refractivity contribution in [3.63, 3.8) is 0 Å². The highest BCUT2D eigenvalue weighted by Gasteiger charge is 2.25. The molecular formula is C24H31N6O2+. The summed E-state index contributed by atoms with van der Waals surface area (Å²) in [4.78, 5) is 34.7. The molecule has 1 aliphatic heterocycles. The van der Waals surface area contributed by atoms with Crippen LogP contribution in [0.25, 0.3) is 11.7 Å². The van der Waals surface area contributed by atoms with E-state index in [-0.39, 0.29) is 17.2 Å². The first-order valence-electron chi connectivity index (χ1n) is 11.5. The molecule has 0 radical (unpaired) electrons. The first-order chi connectivity index (χ1) is 15.5. The van der Waals surface area contributed by atoms with E-state index in [2.05, 4.69) is 17.3 Å². The third kappa shape index (κ3) is 4.53. The smallest absolute Gasteiger partial charge is 0.267 e. The number of rotatable bonds is 4. The van der Waals surface area contributed by atoms with Gasteiger partial charge < -0.3 is 15.1 Å². The van der Waals surface area contributed by atoms with Crippen LogP contribution in [0.3, 0.4) is 0 Å². The molecule has 168 valence electrons. The van der Waals surface area contributed by atoms with Crippen LogP contribution in [0.2, 0.25) is 0 Å². The van der Waals surface area contributed by atoms with Crippen molar-refractivity contribution >= 4 is 23.4 Å². The Morgan fingerprint density at radius 2 is 2.00 bits per heavy atom. The molecule has 0 unspecified atom stereocenters. The maximum absolute atomic E-state index is 13.5. The first-order valence-corrected chi connectivity index (χ1v) is 11.5. The highest BCUT2D eigenvalue weighted by Crippen LogP contribution is 2.21. The number of likely N-dealkylation sites (N-methyl/N-ethyl adjacent to an activating group) is 1. The average molecular weight is 436 g/mol. The van der Waals surface area contributed by atoms with Gasteiger partial charge in [0.2, 0.25) is 0 Å². The van der Waals surface area contributed by atoms with Crippen molar-refractivity contribution in [2.45, 2.75) is 45.1 Å². The van der Waals surface area contributed by atoms with E-state index >= 15 is 0 Å². The summed E-state index contributed by atoms with van der Waals surface area (Å²) in [5.74, 6) is 0.136. The Kier molecular flexibility index (Phi) is 6.56. The Hall–Kier alpha value is -3.18. The van der Waals surface area contributed by atoms with Crippen molar-refractivity contribution in [1.82, 2.24) is 14.7 Å². The molecule has 0 atom stereocenters. The number of piperazine rings is 1. The maximum atomic E-state index is 13.5. The van der Waals surface area contributed by atoms with E-state index in [4.69, 9.17) is 4.98 Å². The summed E-state index contributed by atoms with van der Waals surface area (Å²) in [6, 6.07) is 5.83. The van der Waals surface area contributed by atoms with Crippen LogP contribution in [0, 0.1) is 18.3 Å². The molecule has 8 nitrogen and oxygen atoms in total. The Balaban J connectivity index is 1.77. The molecule has 0 bridgehead atoms. The summed E-state index contributed by atoms with van der Waals surface area (Å²) in [5, 5.41) is 12.7. The van der Waals surface area contributed by atoms with E-state index in [1.54, 1.807) is 12.3 Å². The molecule has 2 aromatic rings. The van der Waals surface area contributed by atoms with Crippen LogP contribution in [-0.2, 0) is 4.79 Å². The van der Waals surface area contributed by atoms with Crippen molar-refractivity contribution < 1.29 is 9.69 Å². The SMILES string of the molecule is Cc1cccn2c(=O)c(/C=C(\C#N)C(=O)NC3CCCCC3)c(N3CC[NH+](C)CC3)nc12. The highest BCUT2D eigenvalue weighted by molar-refractivity contribution is 6.02. The first kappa shape index (κ1) is 22.0. The van der Waals surface area contributed by atoms with Crippen molar-refractivity contribution in [2.24, 2.45) is 0 Å². The minimum atomic E-state index is -0.415. The summed E-state index contributed by atoms with van der Waals surface area (Å²) < 4.78 is 1.50. The Morgan fingerprint density at radius 1 is 1.28 bits per heavy atom. The fourth-order valence-electron chi connectivity index (χ4n) is 4.57. The second-order valence-electron chi connectivity index (χ2n) is 8.96. The maximum Gasteiger partial charge on any atom is 0.267 e. The van der Waals surface area contributed by atoms with Crippen molar-refractivity contribution in [1.29, 1.82) is 5.26 Å². The Bertz CT molecular complexity index is 1130. The molecule has 8 heteroatoms. The van der Waals surface area contributed by atoms with E-state index in [1.165, 1.54) is 21.8 Å². The highest BCUT2D eigenvalue weighted by atomic mass is 16.2. The summed E-state index contributed by atoms with van der Waals surface area (Å²) in [6.07, 6.45) is 8.33. The second-order valence-corrected chi connectivity index (χ2v) is 8.96. The molecule has 1 amide bonds. The van der Waals surface area contributed by atoms with Crippen molar-refractivity contribution in [3.8, 4) is 6.07 Å². The molecule has 1 saturated carbocycles. The zero-order valence-electron chi connectivity index (χ0n) is 18.9. The van der Waals surface area contributed by atoms with Gasteiger partial charge in [-0.1, -0.05) is 25.3 Å². The molecule has 1 saturated heterocycles. The van der Waals surface area contributed by atoms with Gasteiger partial charge in [-0.2, -0.15) is 5.26 Å². The van der Waals surface area contributed by atoms with Gasteiger partial charge in [0, 0.05) is 12.2 Å². The molecule has 4 rings (SSSR count). The van der Waals surface area contributed by atoms with Crippen molar-refractivity contribution in [2.75, 3.05) is 38.1 Å². The Labute approximate surface area is 188 Å². The fourth-order valence-corrected chi connectivity index (χ4v) is 4.57. The number of nitriles is 1. The fraction of sp³-hybridized carbons (Fsp3) is 0.500. The molecule has 2 aromatic heterocycles. The number of amides is 1. The van der Waals surface area contributed by atoms with E-state index in [0.717, 1.165) is 57.4 Å². The molecular weight excluding hydrogens is 404 g/mol. The average Bonchev–Trinajstić information content (AvgIpc) is 2.80. The minimum Gasteiger partial charge on any atom is -0.349 e. The van der Waals surface area contributed by atoms with Crippen LogP contribution in [0.15, 0.2) is 28.7 Å². The number of carbonyl (C=O) groups is 1. The minimum absolute atomic E-state index is 0.0527. The van der Waals surface area contributed by atoms with Gasteiger partial charge in [-0.05, 0) is 37.5 Å². The number of carbonyl (C=O) groups excluding carboxylic acids is 1. The summed E-state index contributed by atoms with van der Waals surface area (Å²) >= 11 is 0. The predicted octanol–water partition coefficient (Wildman–Crippen LogP) is 0.694. The number of anilines is 1. The second kappa shape index (κ2) is 9.53. The van der Waals surface area contributed by atoms with Gasteiger partial charge in [-0.25, -0.2) is 4.98 Å². The zero-order chi connectivity index (χ0) is 22.7. The number of nitrogens with zero attached hydrogens (tertiary/aromatic N) is 4. The van der Waals surface area contributed by atoms with Crippen LogP contribution in [0.4, 0.5) is 5.82 Å². The summed E-state index contributed by atoms with van der Waals surface area (Å²) in [5.41, 5.74) is 1.47. The standard InChI is InChI=1S/C24H30N6O2/c1-17-7-6-10-30-21(17)27-22(29-13-11-28(2)12-14-29)20(24(30)32)15-18(16-25)23(31)26-19-8-4-3-5-9-19/h6-7,10,15,19H,3-5,8-9,11-14H2,1-2H3,(H,26,31)/p+1/b18-15+. The van der Waals surface area contributed by atoms with Crippen LogP contribution in [-0.4, -0.2) is 54.6 Å². The van der Waals surface area contributed by atoms with Gasteiger partial charge >= 0.3 is 0 Å². The van der Waals surface area contributed by atoms with Gasteiger partial charge in [0.25, 0.3) is 11.5 Å². The lowest BCUT2D eigenvalue weighted by atomic mass is 9.95. The predicted molar refractivity (Wildman–Crippen MR) is 124 cm³/mol. The third-order valence-corrected chi connectivity index (χ3v) is 6.57. The molecule has 3 heterocycles. The van der Waals surface area contributed by atoms with Gasteiger partial charge in [-0.15, -0.1) is 0 Å². The number of aryl methyl sites for hydroxylation is 1. The Morgan fingerprint density at radius 3 is 2.69 bits per heavy atom. The molecule has 2 N–H and O–H groups in total. The lowest BCUT2D eigenvalue weighted by Gasteiger charge is -2.31. The van der Waals surface area contributed by atoms with Gasteiger partial charge in [0.1, 0.15) is 23.1 Å². The number of hydrogen-bond acceptors (Lipinski definition) is 5. The number of fused-ring (bicyclic) bond motifs is 1. The van der Waals surface area contributed by atoms with Crippen LogP contribution in [0.5, 0.6) is 0 Å². The van der Waals surface area contributed by atoms with E-state index < -0.39 is 5.91 Å². The number of pyridine rings is 1. The zero-order valence-corrected chi connectivity index (χ0v) is 18.9. The quantitative estimate of drug-likeness (QED) is 0.544. The lowest BCUT2D eigenvalue weighted by molar-refractivity contribution is -0.880. The van der Waals surface area contributed by atoms with Crippen LogP contribution < -0.4 is 20.7 Å². The van der Waals surface area contributed by atoms with Gasteiger partial charge in [0.05, 0.1) is 38.8 Å². The monoisotopic (exact) mass is 435 g/mol. The lowest BCUT2D eigenvalue weighted by Crippen LogP contribution is -3.12. The number of aromatic nitrogens is 2. The van der Waals surface area contributed by atoms with E-state index in [9.17, 15) is 14.9 Å². The molecule has 0 spiro atoms. The molecule has 32 heavy (non-hydrogen) atoms. The summed E-state index contributed by atoms with van der Waals surface area (Å²) in [7, 11) is 2.15. The van der Waals surface area contributed by atoms with Gasteiger partial charge in [-0.3, -0.25) is 14.0 Å². The molecule has 2 fully saturated rings. The molecule has 2 aliphatic rings. The van der Waals surface area contributed by atoms with E-state index in [1.807, 2.05) is 19.1 Å².